The molecule has 0 fully saturated rings. The first-order valence-electron chi connectivity index (χ1n) is 8.93. The molecule has 0 aliphatic rings. The van der Waals surface area contributed by atoms with Crippen LogP contribution in [0.1, 0.15) is 33.3 Å². The number of carbonyl (C=O) groups is 1. The molecule has 28 heavy (non-hydrogen) atoms. The average Bonchev–Trinajstić information content (AvgIpc) is 2.55. The molecule has 1 amide bonds. The Morgan fingerprint density at radius 2 is 1.68 bits per heavy atom. The van der Waals surface area contributed by atoms with Crippen LogP contribution < -0.4 is 20.7 Å². The number of nitrogens with zero attached hydrogens (tertiary/aromatic N) is 1. The highest BCUT2D eigenvalue weighted by Crippen LogP contribution is 2.09. The number of aliphatic imine (C=N–C) groups is 1. The van der Waals surface area contributed by atoms with Gasteiger partial charge >= 0.3 is 0 Å². The highest BCUT2D eigenvalue weighted by Gasteiger charge is 2.14. The fourth-order valence-electron chi connectivity index (χ4n) is 2.12. The quantitative estimate of drug-likeness (QED) is 0.177. The van der Waals surface area contributed by atoms with Gasteiger partial charge in [-0.15, -0.1) is 24.0 Å². The molecule has 0 radical (unpaired) electrons. The number of guanidine groups is 1. The van der Waals surface area contributed by atoms with Gasteiger partial charge in [-0.05, 0) is 46.8 Å². The maximum absolute atomic E-state index is 12.2. The second kappa shape index (κ2) is 12.2. The van der Waals surface area contributed by atoms with E-state index in [-0.39, 0.29) is 53.4 Å². The molecule has 0 heterocycles. The number of amides is 1. The lowest BCUT2D eigenvalue weighted by molar-refractivity contribution is -0.121. The normalized spacial score (nSPS) is 12.1. The molecule has 1 rings (SSSR count). The first-order valence-corrected chi connectivity index (χ1v) is 10.4. The fourth-order valence-corrected chi connectivity index (χ4v) is 3.15. The van der Waals surface area contributed by atoms with Crippen molar-refractivity contribution in [2.45, 2.75) is 45.1 Å². The van der Waals surface area contributed by atoms with Crippen LogP contribution in [-0.4, -0.2) is 52.0 Å². The van der Waals surface area contributed by atoms with E-state index < -0.39 is 10.0 Å². The summed E-state index contributed by atoms with van der Waals surface area (Å²) in [6.45, 7) is 10.6. The molecule has 10 heteroatoms. The Bertz CT molecular complexity index is 743. The van der Waals surface area contributed by atoms with Crippen molar-refractivity contribution in [2.75, 3.05) is 26.2 Å². The van der Waals surface area contributed by atoms with E-state index in [0.29, 0.717) is 19.0 Å². The van der Waals surface area contributed by atoms with Gasteiger partial charge in [0.1, 0.15) is 6.54 Å². The van der Waals surface area contributed by atoms with Gasteiger partial charge in [0.2, 0.25) is 15.9 Å². The van der Waals surface area contributed by atoms with Crippen molar-refractivity contribution in [3.63, 3.8) is 0 Å². The van der Waals surface area contributed by atoms with Crippen LogP contribution in [0.3, 0.4) is 0 Å². The van der Waals surface area contributed by atoms with Crippen molar-refractivity contribution in [1.82, 2.24) is 20.7 Å². The van der Waals surface area contributed by atoms with Crippen LogP contribution in [0.5, 0.6) is 0 Å². The van der Waals surface area contributed by atoms with E-state index in [1.165, 1.54) is 0 Å². The topological polar surface area (TPSA) is 112 Å². The second-order valence-electron chi connectivity index (χ2n) is 7.13. The van der Waals surface area contributed by atoms with Gasteiger partial charge in [0.15, 0.2) is 5.96 Å². The summed E-state index contributed by atoms with van der Waals surface area (Å²) >= 11 is 0. The minimum absolute atomic E-state index is 0. The number of hydrogen-bond donors (Lipinski definition) is 4. The monoisotopic (exact) mass is 525 g/mol. The van der Waals surface area contributed by atoms with Crippen LogP contribution in [0.2, 0.25) is 0 Å². The number of sulfonamides is 1. The Morgan fingerprint density at radius 1 is 1.07 bits per heavy atom. The van der Waals surface area contributed by atoms with E-state index in [2.05, 4.69) is 25.7 Å². The van der Waals surface area contributed by atoms with Crippen LogP contribution in [0.15, 0.2) is 34.2 Å². The third-order valence-corrected chi connectivity index (χ3v) is 4.76. The third-order valence-electron chi connectivity index (χ3n) is 3.28. The smallest absolute Gasteiger partial charge is 0.242 e. The third kappa shape index (κ3) is 10.8. The highest BCUT2D eigenvalue weighted by atomic mass is 127. The number of hydrogen-bond acceptors (Lipinski definition) is 4. The first-order chi connectivity index (χ1) is 12.5. The van der Waals surface area contributed by atoms with Gasteiger partial charge < -0.3 is 16.0 Å². The summed E-state index contributed by atoms with van der Waals surface area (Å²) in [6.07, 6.45) is 0. The van der Waals surface area contributed by atoms with E-state index in [0.717, 1.165) is 5.56 Å². The minimum atomic E-state index is -3.55. The molecular weight excluding hydrogens is 493 g/mol. The zero-order valence-electron chi connectivity index (χ0n) is 17.1. The summed E-state index contributed by atoms with van der Waals surface area (Å²) in [5.74, 6) is 0.274. The molecule has 0 bridgehead atoms. The van der Waals surface area contributed by atoms with Crippen LogP contribution in [0.4, 0.5) is 0 Å². The van der Waals surface area contributed by atoms with Crippen molar-refractivity contribution in [2.24, 2.45) is 4.99 Å². The van der Waals surface area contributed by atoms with Gasteiger partial charge in [-0.2, -0.15) is 0 Å². The van der Waals surface area contributed by atoms with Crippen LogP contribution in [0.25, 0.3) is 0 Å². The molecule has 0 atom stereocenters. The van der Waals surface area contributed by atoms with E-state index in [4.69, 9.17) is 0 Å². The summed E-state index contributed by atoms with van der Waals surface area (Å²) < 4.78 is 27.0. The molecule has 0 unspecified atom stereocenters. The number of aryl methyl sites for hydroxylation is 1. The zero-order chi connectivity index (χ0) is 20.5. The minimum Gasteiger partial charge on any atom is -0.357 e. The van der Waals surface area contributed by atoms with Gasteiger partial charge in [-0.1, -0.05) is 17.7 Å². The van der Waals surface area contributed by atoms with Gasteiger partial charge in [0.05, 0.1) is 4.90 Å². The van der Waals surface area contributed by atoms with Gasteiger partial charge in [-0.3, -0.25) is 4.79 Å². The van der Waals surface area contributed by atoms with Crippen molar-refractivity contribution < 1.29 is 13.2 Å². The Morgan fingerprint density at radius 3 is 2.21 bits per heavy atom. The van der Waals surface area contributed by atoms with Crippen molar-refractivity contribution >= 4 is 45.9 Å². The molecule has 4 N–H and O–H groups in total. The van der Waals surface area contributed by atoms with Gasteiger partial charge in [-0.25, -0.2) is 18.1 Å². The Balaban J connectivity index is 0.00000729. The lowest BCUT2D eigenvalue weighted by Crippen LogP contribution is -2.44. The molecule has 160 valence electrons. The number of rotatable bonds is 8. The lowest BCUT2D eigenvalue weighted by atomic mass is 10.1. The molecule has 0 aliphatic heterocycles. The average molecular weight is 525 g/mol. The highest BCUT2D eigenvalue weighted by molar-refractivity contribution is 14.0. The van der Waals surface area contributed by atoms with Crippen molar-refractivity contribution in [3.8, 4) is 0 Å². The molecule has 0 saturated carbocycles. The van der Waals surface area contributed by atoms with Crippen LogP contribution in [0, 0.1) is 6.92 Å². The predicted octanol–water partition coefficient (Wildman–Crippen LogP) is 1.36. The SMILES string of the molecule is CCNC(=NCC(=O)NC(C)(C)C)NCCNS(=O)(=O)c1ccc(C)cc1.I. The molecule has 0 aromatic heterocycles. The second-order valence-corrected chi connectivity index (χ2v) is 8.90. The molecule has 8 nitrogen and oxygen atoms in total. The van der Waals surface area contributed by atoms with Gasteiger partial charge in [0, 0.05) is 25.2 Å². The summed E-state index contributed by atoms with van der Waals surface area (Å²) in [4.78, 5) is 16.3. The number of halogens is 1. The van der Waals surface area contributed by atoms with Crippen molar-refractivity contribution in [3.05, 3.63) is 29.8 Å². The summed E-state index contributed by atoms with van der Waals surface area (Å²) in [5, 5.41) is 8.85. The number of carbonyl (C=O) groups excluding carboxylic acids is 1. The number of benzene rings is 1. The predicted molar refractivity (Wildman–Crippen MR) is 124 cm³/mol. The van der Waals surface area contributed by atoms with Crippen molar-refractivity contribution in [1.29, 1.82) is 0 Å². The van der Waals surface area contributed by atoms with E-state index in [1.807, 2.05) is 34.6 Å². The molecule has 1 aromatic carbocycles. The Labute approximate surface area is 185 Å². The maximum atomic E-state index is 12.2. The van der Waals surface area contributed by atoms with Crippen LogP contribution in [-0.2, 0) is 14.8 Å². The summed E-state index contributed by atoms with van der Waals surface area (Å²) in [5.41, 5.74) is 0.685. The standard InChI is InChI=1S/C18H31N5O3S.HI/c1-6-19-17(21-13-16(24)23-18(3,4)5)20-11-12-22-27(25,26)15-9-7-14(2)8-10-15;/h7-10,22H,6,11-13H2,1-5H3,(H,23,24)(H2,19,20,21);1H. The molecule has 0 aliphatic carbocycles. The molecule has 0 spiro atoms. The fraction of sp³-hybridized carbons (Fsp3) is 0.556. The van der Waals surface area contributed by atoms with Gasteiger partial charge in [0.25, 0.3) is 0 Å². The van der Waals surface area contributed by atoms with E-state index in [1.54, 1.807) is 24.3 Å². The largest absolute Gasteiger partial charge is 0.357 e. The first kappa shape index (κ1) is 26.6. The summed E-state index contributed by atoms with van der Waals surface area (Å²) in [7, 11) is -3.55. The molecule has 0 saturated heterocycles. The van der Waals surface area contributed by atoms with E-state index >= 15 is 0 Å². The molecule has 1 aromatic rings. The lowest BCUT2D eigenvalue weighted by Gasteiger charge is -2.20. The maximum Gasteiger partial charge on any atom is 0.242 e. The zero-order valence-corrected chi connectivity index (χ0v) is 20.3. The molecular formula is C18H32IN5O3S. The number of nitrogens with one attached hydrogen (secondary N) is 4. The van der Waals surface area contributed by atoms with Crippen LogP contribution >= 0.6 is 24.0 Å². The Hall–Kier alpha value is -1.40. The Kier molecular flexibility index (Phi) is 11.6. The summed E-state index contributed by atoms with van der Waals surface area (Å²) in [6, 6.07) is 6.66. The van der Waals surface area contributed by atoms with E-state index in [9.17, 15) is 13.2 Å².